The summed E-state index contributed by atoms with van der Waals surface area (Å²) in [7, 11) is 1.50. The summed E-state index contributed by atoms with van der Waals surface area (Å²) in [4.78, 5) is 11.6. The van der Waals surface area contributed by atoms with Crippen molar-refractivity contribution in [1.82, 2.24) is 0 Å². The molecule has 0 aromatic heterocycles. The Labute approximate surface area is 110 Å². The van der Waals surface area contributed by atoms with Gasteiger partial charge >= 0.3 is 5.97 Å². The van der Waals surface area contributed by atoms with Crippen molar-refractivity contribution in [3.8, 4) is 11.5 Å². The Hall–Kier alpha value is -2.33. The lowest BCUT2D eigenvalue weighted by atomic mass is 10.1. The number of para-hydroxylation sites is 1. The lowest BCUT2D eigenvalue weighted by molar-refractivity contribution is -0.0816. The number of hydrogen-bond acceptors (Lipinski definition) is 4. The summed E-state index contributed by atoms with van der Waals surface area (Å²) in [6, 6.07) is 14.6. The van der Waals surface area contributed by atoms with Crippen molar-refractivity contribution in [2.24, 2.45) is 0 Å². The van der Waals surface area contributed by atoms with Crippen LogP contribution in [0.5, 0.6) is 11.5 Å². The number of ether oxygens (including phenoxy) is 3. The Kier molecular flexibility index (Phi) is 2.93. The quantitative estimate of drug-likeness (QED) is 0.790. The standard InChI is InChI=1S/C15H12O4/c1-17-15-13-9-11(7-8-12(13)14(16)19-15)18-10-5-3-2-4-6-10/h2-9,15H,1H3. The Morgan fingerprint density at radius 3 is 2.58 bits per heavy atom. The van der Waals surface area contributed by atoms with Crippen molar-refractivity contribution < 1.29 is 19.0 Å². The van der Waals surface area contributed by atoms with Gasteiger partial charge in [-0.25, -0.2) is 4.79 Å². The molecule has 1 atom stereocenters. The summed E-state index contributed by atoms with van der Waals surface area (Å²) in [6.07, 6.45) is -0.651. The van der Waals surface area contributed by atoms with Crippen molar-refractivity contribution in [1.29, 1.82) is 0 Å². The van der Waals surface area contributed by atoms with E-state index in [0.29, 0.717) is 16.9 Å². The van der Waals surface area contributed by atoms with E-state index in [1.165, 1.54) is 7.11 Å². The number of methoxy groups -OCH3 is 1. The molecule has 0 saturated heterocycles. The average Bonchev–Trinajstić information content (AvgIpc) is 2.76. The summed E-state index contributed by atoms with van der Waals surface area (Å²) in [5, 5.41) is 0. The second-order valence-electron chi connectivity index (χ2n) is 4.14. The molecule has 0 bridgehead atoms. The molecule has 0 spiro atoms. The maximum absolute atomic E-state index is 11.6. The number of benzene rings is 2. The second-order valence-corrected chi connectivity index (χ2v) is 4.14. The number of esters is 1. The molecule has 3 rings (SSSR count). The number of cyclic esters (lactones) is 1. The Balaban J connectivity index is 1.91. The van der Waals surface area contributed by atoms with Crippen molar-refractivity contribution >= 4 is 5.97 Å². The number of rotatable bonds is 3. The van der Waals surface area contributed by atoms with Gasteiger partial charge in [0.15, 0.2) is 0 Å². The maximum Gasteiger partial charge on any atom is 0.341 e. The predicted molar refractivity (Wildman–Crippen MR) is 68.1 cm³/mol. The van der Waals surface area contributed by atoms with Gasteiger partial charge in [0.05, 0.1) is 5.56 Å². The van der Waals surface area contributed by atoms with Gasteiger partial charge in [0.25, 0.3) is 0 Å². The van der Waals surface area contributed by atoms with E-state index in [4.69, 9.17) is 14.2 Å². The van der Waals surface area contributed by atoms with Crippen molar-refractivity contribution in [3.05, 3.63) is 59.7 Å². The first-order valence-corrected chi connectivity index (χ1v) is 5.88. The lowest BCUT2D eigenvalue weighted by Gasteiger charge is -2.09. The molecular formula is C15H12O4. The fourth-order valence-electron chi connectivity index (χ4n) is 2.01. The van der Waals surface area contributed by atoms with Crippen LogP contribution < -0.4 is 4.74 Å². The van der Waals surface area contributed by atoms with Gasteiger partial charge in [0.1, 0.15) is 11.5 Å². The van der Waals surface area contributed by atoms with Gasteiger partial charge in [-0.3, -0.25) is 0 Å². The molecule has 1 unspecified atom stereocenters. The van der Waals surface area contributed by atoms with Crippen LogP contribution in [0.4, 0.5) is 0 Å². The molecule has 1 aliphatic heterocycles. The SMILES string of the molecule is COC1OC(=O)c2ccc(Oc3ccccc3)cc21. The molecule has 4 heteroatoms. The largest absolute Gasteiger partial charge is 0.457 e. The summed E-state index contributed by atoms with van der Waals surface area (Å²) in [5.74, 6) is 1.01. The van der Waals surface area contributed by atoms with Crippen LogP contribution in [0.25, 0.3) is 0 Å². The third-order valence-corrected chi connectivity index (χ3v) is 2.90. The first-order valence-electron chi connectivity index (χ1n) is 5.88. The smallest absolute Gasteiger partial charge is 0.341 e. The zero-order chi connectivity index (χ0) is 13.2. The van der Waals surface area contributed by atoms with Gasteiger partial charge < -0.3 is 14.2 Å². The third-order valence-electron chi connectivity index (χ3n) is 2.90. The number of carbonyl (C=O) groups excluding carboxylic acids is 1. The van der Waals surface area contributed by atoms with Gasteiger partial charge in [0, 0.05) is 12.7 Å². The predicted octanol–water partition coefficient (Wildman–Crippen LogP) is 3.29. The molecule has 96 valence electrons. The molecule has 0 radical (unpaired) electrons. The summed E-state index contributed by atoms with van der Waals surface area (Å²) >= 11 is 0. The van der Waals surface area contributed by atoms with Crippen LogP contribution >= 0.6 is 0 Å². The van der Waals surface area contributed by atoms with Gasteiger partial charge in [-0.1, -0.05) is 18.2 Å². The maximum atomic E-state index is 11.6. The molecule has 1 heterocycles. The molecule has 0 amide bonds. The van der Waals surface area contributed by atoms with Crippen LogP contribution in [0.1, 0.15) is 22.2 Å². The average molecular weight is 256 g/mol. The fraction of sp³-hybridized carbons (Fsp3) is 0.133. The van der Waals surface area contributed by atoms with Crippen LogP contribution in [0.2, 0.25) is 0 Å². The highest BCUT2D eigenvalue weighted by molar-refractivity contribution is 5.94. The fourth-order valence-corrected chi connectivity index (χ4v) is 2.01. The van der Waals surface area contributed by atoms with Crippen LogP contribution in [0, 0.1) is 0 Å². The van der Waals surface area contributed by atoms with E-state index < -0.39 is 6.29 Å². The van der Waals surface area contributed by atoms with E-state index in [0.717, 1.165) is 5.75 Å². The monoisotopic (exact) mass is 256 g/mol. The number of fused-ring (bicyclic) bond motifs is 1. The number of hydrogen-bond donors (Lipinski definition) is 0. The van der Waals surface area contributed by atoms with Crippen LogP contribution in [-0.2, 0) is 9.47 Å². The van der Waals surface area contributed by atoms with Crippen LogP contribution in [0.3, 0.4) is 0 Å². The van der Waals surface area contributed by atoms with Crippen LogP contribution in [0.15, 0.2) is 48.5 Å². The van der Waals surface area contributed by atoms with E-state index in [2.05, 4.69) is 0 Å². The molecule has 0 saturated carbocycles. The molecule has 2 aromatic carbocycles. The lowest BCUT2D eigenvalue weighted by Crippen LogP contribution is -2.00. The van der Waals surface area contributed by atoms with Crippen molar-refractivity contribution in [3.63, 3.8) is 0 Å². The van der Waals surface area contributed by atoms with Crippen LogP contribution in [-0.4, -0.2) is 13.1 Å². The van der Waals surface area contributed by atoms with E-state index in [9.17, 15) is 4.79 Å². The molecule has 0 fully saturated rings. The summed E-state index contributed by atoms with van der Waals surface area (Å²) in [5.41, 5.74) is 1.22. The molecule has 19 heavy (non-hydrogen) atoms. The topological polar surface area (TPSA) is 44.8 Å². The molecule has 0 aliphatic carbocycles. The second kappa shape index (κ2) is 4.74. The third kappa shape index (κ3) is 2.18. The van der Waals surface area contributed by atoms with Gasteiger partial charge in [-0.15, -0.1) is 0 Å². The Bertz CT molecular complexity index is 607. The normalized spacial score (nSPS) is 16.9. The number of carbonyl (C=O) groups is 1. The highest BCUT2D eigenvalue weighted by Gasteiger charge is 2.31. The zero-order valence-electron chi connectivity index (χ0n) is 10.3. The minimum absolute atomic E-state index is 0.367. The van der Waals surface area contributed by atoms with Gasteiger partial charge in [-0.2, -0.15) is 0 Å². The first-order chi connectivity index (χ1) is 9.28. The zero-order valence-corrected chi connectivity index (χ0v) is 10.3. The summed E-state index contributed by atoms with van der Waals surface area (Å²) < 4.78 is 15.9. The van der Waals surface area contributed by atoms with E-state index in [-0.39, 0.29) is 5.97 Å². The highest BCUT2D eigenvalue weighted by Crippen LogP contribution is 2.34. The van der Waals surface area contributed by atoms with Crippen molar-refractivity contribution in [2.75, 3.05) is 7.11 Å². The van der Waals surface area contributed by atoms with Crippen molar-refractivity contribution in [2.45, 2.75) is 6.29 Å². The van der Waals surface area contributed by atoms with Gasteiger partial charge in [0.2, 0.25) is 6.29 Å². The molecule has 2 aromatic rings. The first kappa shape index (κ1) is 11.7. The van der Waals surface area contributed by atoms with E-state index >= 15 is 0 Å². The van der Waals surface area contributed by atoms with E-state index in [1.54, 1.807) is 18.2 Å². The van der Waals surface area contributed by atoms with Gasteiger partial charge in [-0.05, 0) is 30.3 Å². The minimum Gasteiger partial charge on any atom is -0.457 e. The molecule has 4 nitrogen and oxygen atoms in total. The highest BCUT2D eigenvalue weighted by atomic mass is 16.7. The molecular weight excluding hydrogens is 244 g/mol. The molecule has 0 N–H and O–H groups in total. The summed E-state index contributed by atoms with van der Waals surface area (Å²) in [6.45, 7) is 0. The Morgan fingerprint density at radius 2 is 1.84 bits per heavy atom. The Morgan fingerprint density at radius 1 is 1.05 bits per heavy atom. The molecule has 1 aliphatic rings. The van der Waals surface area contributed by atoms with E-state index in [1.807, 2.05) is 30.3 Å². The minimum atomic E-state index is -0.651.